The van der Waals surface area contributed by atoms with Crippen molar-refractivity contribution in [3.05, 3.63) is 29.8 Å². The Balaban J connectivity index is 2.44. The van der Waals surface area contributed by atoms with Crippen LogP contribution in [-0.2, 0) is 14.9 Å². The topological polar surface area (TPSA) is 104 Å². The summed E-state index contributed by atoms with van der Waals surface area (Å²) < 4.78 is 35.5. The van der Waals surface area contributed by atoms with Crippen LogP contribution in [0.3, 0.4) is 0 Å². The van der Waals surface area contributed by atoms with Crippen LogP contribution in [0.25, 0.3) is 0 Å². The summed E-state index contributed by atoms with van der Waals surface area (Å²) in [5, 5.41) is 9.32. The number of aromatic hydroxyl groups is 1. The summed E-state index contributed by atoms with van der Waals surface area (Å²) in [5.41, 5.74) is -0.00233. The van der Waals surface area contributed by atoms with Crippen molar-refractivity contribution < 1.29 is 27.6 Å². The fourth-order valence-corrected chi connectivity index (χ4v) is 1.60. The zero-order valence-corrected chi connectivity index (χ0v) is 9.64. The van der Waals surface area contributed by atoms with E-state index in [0.717, 1.165) is 0 Å². The minimum atomic E-state index is -4.29. The van der Waals surface area contributed by atoms with Gasteiger partial charge in [-0.1, -0.05) is 12.1 Å². The lowest BCUT2D eigenvalue weighted by Gasteiger charge is -2.08. The van der Waals surface area contributed by atoms with Crippen molar-refractivity contribution in [2.75, 3.05) is 12.4 Å². The lowest BCUT2D eigenvalue weighted by Crippen LogP contribution is -2.11. The molecule has 0 fully saturated rings. The Labute approximate surface area is 98.6 Å². The highest BCUT2D eigenvalue weighted by Crippen LogP contribution is 2.16. The van der Waals surface area contributed by atoms with Crippen molar-refractivity contribution in [2.45, 2.75) is 6.42 Å². The Kier molecular flexibility index (Phi) is 4.47. The third-order valence-corrected chi connectivity index (χ3v) is 2.68. The fraction of sp³-hybridized carbons (Fsp3) is 0.300. The maximum Gasteiger partial charge on any atom is 0.341 e. The monoisotopic (exact) mass is 259 g/mol. The van der Waals surface area contributed by atoms with Crippen molar-refractivity contribution >= 4 is 16.1 Å². The molecule has 0 atom stereocenters. The largest absolute Gasteiger partial charge is 0.748 e. The van der Waals surface area contributed by atoms with Gasteiger partial charge in [0.15, 0.2) is 0 Å². The Morgan fingerprint density at radius 3 is 2.59 bits per heavy atom. The van der Waals surface area contributed by atoms with Crippen molar-refractivity contribution in [3.8, 4) is 5.75 Å². The second-order valence-electron chi connectivity index (χ2n) is 3.27. The van der Waals surface area contributed by atoms with Gasteiger partial charge in [0, 0.05) is 5.75 Å². The van der Waals surface area contributed by atoms with Crippen LogP contribution >= 0.6 is 0 Å². The molecule has 0 aromatic heterocycles. The minimum Gasteiger partial charge on any atom is -0.748 e. The van der Waals surface area contributed by atoms with Gasteiger partial charge in [-0.25, -0.2) is 13.2 Å². The maximum absolute atomic E-state index is 11.4. The third-order valence-electron chi connectivity index (χ3n) is 1.90. The highest BCUT2D eigenvalue weighted by atomic mass is 32.2. The van der Waals surface area contributed by atoms with Crippen LogP contribution in [0, 0.1) is 0 Å². The van der Waals surface area contributed by atoms with Gasteiger partial charge in [-0.2, -0.15) is 0 Å². The Hall–Kier alpha value is -1.60. The standard InChI is InChI=1S/C10H12O6S/c11-9-5-2-1-4-8(9)10(12)16-6-3-7-17(13,14)15/h1-2,4-5,11H,3,6-7H2,(H,13,14,15)/p-1. The highest BCUT2D eigenvalue weighted by molar-refractivity contribution is 7.85. The summed E-state index contributed by atoms with van der Waals surface area (Å²) in [4.78, 5) is 11.4. The number of ether oxygens (including phenoxy) is 1. The van der Waals surface area contributed by atoms with Gasteiger partial charge in [-0.3, -0.25) is 0 Å². The van der Waals surface area contributed by atoms with Crippen molar-refractivity contribution in [2.24, 2.45) is 0 Å². The minimum absolute atomic E-state index is 0.00233. The smallest absolute Gasteiger partial charge is 0.341 e. The van der Waals surface area contributed by atoms with Crippen LogP contribution < -0.4 is 0 Å². The van der Waals surface area contributed by atoms with Crippen molar-refractivity contribution in [1.29, 1.82) is 0 Å². The Morgan fingerprint density at radius 2 is 2.00 bits per heavy atom. The lowest BCUT2D eigenvalue weighted by atomic mass is 10.2. The van der Waals surface area contributed by atoms with Gasteiger partial charge in [-0.05, 0) is 18.6 Å². The summed E-state index contributed by atoms with van der Waals surface area (Å²) >= 11 is 0. The molecule has 0 saturated carbocycles. The molecule has 1 aromatic carbocycles. The molecule has 0 aliphatic heterocycles. The number of esters is 1. The van der Waals surface area contributed by atoms with Crippen LogP contribution in [0.4, 0.5) is 0 Å². The molecular formula is C10H11O6S-. The SMILES string of the molecule is O=C(OCCCS(=O)(=O)[O-])c1ccccc1O. The predicted octanol–water partition coefficient (Wildman–Crippen LogP) is 0.484. The Morgan fingerprint density at radius 1 is 1.35 bits per heavy atom. The number of hydrogen-bond donors (Lipinski definition) is 1. The third kappa shape index (κ3) is 4.83. The number of phenolic OH excluding ortho intramolecular Hbond substituents is 1. The second kappa shape index (κ2) is 5.65. The molecule has 17 heavy (non-hydrogen) atoms. The highest BCUT2D eigenvalue weighted by Gasteiger charge is 2.11. The Bertz CT molecular complexity index is 493. The molecule has 0 radical (unpaired) electrons. The molecule has 6 nitrogen and oxygen atoms in total. The summed E-state index contributed by atoms with van der Waals surface area (Å²) in [6.07, 6.45) is -0.0643. The summed E-state index contributed by atoms with van der Waals surface area (Å²) in [6.45, 7) is -0.186. The maximum atomic E-state index is 11.4. The van der Waals surface area contributed by atoms with E-state index in [9.17, 15) is 22.9 Å². The molecule has 0 spiro atoms. The molecule has 0 saturated heterocycles. The molecule has 0 amide bonds. The van der Waals surface area contributed by atoms with Crippen LogP contribution in [0.1, 0.15) is 16.8 Å². The van der Waals surface area contributed by atoms with Gasteiger partial charge in [0.25, 0.3) is 0 Å². The number of hydrogen-bond acceptors (Lipinski definition) is 6. The van der Waals surface area contributed by atoms with Crippen LogP contribution in [0.2, 0.25) is 0 Å². The van der Waals surface area contributed by atoms with E-state index in [0.29, 0.717) is 0 Å². The first-order valence-electron chi connectivity index (χ1n) is 4.79. The number of carbonyl (C=O) groups excluding carboxylic acids is 1. The van der Waals surface area contributed by atoms with Crippen LogP contribution in [0.5, 0.6) is 5.75 Å². The van der Waals surface area contributed by atoms with Crippen LogP contribution in [-0.4, -0.2) is 36.4 Å². The van der Waals surface area contributed by atoms with Crippen molar-refractivity contribution in [1.82, 2.24) is 0 Å². The van der Waals surface area contributed by atoms with Gasteiger partial charge < -0.3 is 14.4 Å². The molecule has 1 N–H and O–H groups in total. The quantitative estimate of drug-likeness (QED) is 0.468. The first kappa shape index (κ1) is 13.5. The van der Waals surface area contributed by atoms with Gasteiger partial charge >= 0.3 is 5.97 Å². The number of rotatable bonds is 5. The average molecular weight is 259 g/mol. The molecule has 0 aliphatic carbocycles. The van der Waals surface area contributed by atoms with Gasteiger partial charge in [0.1, 0.15) is 11.3 Å². The molecule has 1 aromatic rings. The van der Waals surface area contributed by atoms with E-state index in [4.69, 9.17) is 4.74 Å². The molecule has 94 valence electrons. The molecule has 1 rings (SSSR count). The molecule has 0 bridgehead atoms. The number of benzene rings is 1. The first-order valence-corrected chi connectivity index (χ1v) is 6.36. The van der Waals surface area contributed by atoms with Crippen molar-refractivity contribution in [3.63, 3.8) is 0 Å². The summed E-state index contributed by atoms with van der Waals surface area (Å²) in [6, 6.07) is 5.81. The van der Waals surface area contributed by atoms with E-state index in [-0.39, 0.29) is 24.3 Å². The zero-order chi connectivity index (χ0) is 12.9. The first-order chi connectivity index (χ1) is 7.90. The summed E-state index contributed by atoms with van der Waals surface area (Å²) in [5.74, 6) is -1.55. The number of carbonyl (C=O) groups is 1. The molecular weight excluding hydrogens is 248 g/mol. The summed E-state index contributed by atoms with van der Waals surface area (Å²) in [7, 11) is -4.29. The predicted molar refractivity (Wildman–Crippen MR) is 57.6 cm³/mol. The second-order valence-corrected chi connectivity index (χ2v) is 4.79. The van der Waals surface area contributed by atoms with E-state index in [1.165, 1.54) is 12.1 Å². The van der Waals surface area contributed by atoms with E-state index in [2.05, 4.69) is 0 Å². The number of para-hydroxylation sites is 1. The normalized spacial score (nSPS) is 11.1. The van der Waals surface area contributed by atoms with E-state index < -0.39 is 21.8 Å². The molecule has 0 unspecified atom stereocenters. The van der Waals surface area contributed by atoms with Gasteiger partial charge in [0.2, 0.25) is 0 Å². The molecule has 0 aliphatic rings. The van der Waals surface area contributed by atoms with Crippen LogP contribution in [0.15, 0.2) is 24.3 Å². The van der Waals surface area contributed by atoms with Gasteiger partial charge in [0.05, 0.1) is 16.7 Å². The fourth-order valence-electron chi connectivity index (χ4n) is 1.12. The lowest BCUT2D eigenvalue weighted by molar-refractivity contribution is 0.0502. The average Bonchev–Trinajstić information content (AvgIpc) is 2.23. The molecule has 7 heteroatoms. The van der Waals surface area contributed by atoms with E-state index in [1.54, 1.807) is 12.1 Å². The molecule has 0 heterocycles. The van der Waals surface area contributed by atoms with E-state index >= 15 is 0 Å². The van der Waals surface area contributed by atoms with Gasteiger partial charge in [-0.15, -0.1) is 0 Å². The number of phenols is 1. The van der Waals surface area contributed by atoms with E-state index in [1.807, 2.05) is 0 Å². The zero-order valence-electron chi connectivity index (χ0n) is 8.83.